The molecule has 0 unspecified atom stereocenters. The van der Waals surface area contributed by atoms with Gasteiger partial charge in [0, 0.05) is 31.8 Å². The molecule has 3 N–H and O–H groups in total. The normalized spacial score (nSPS) is 12.0. The van der Waals surface area contributed by atoms with Gasteiger partial charge in [0.15, 0.2) is 5.82 Å². The summed E-state index contributed by atoms with van der Waals surface area (Å²) in [5, 5.41) is 0.0616. The van der Waals surface area contributed by atoms with Gasteiger partial charge in [-0.2, -0.15) is 0 Å². The smallest absolute Gasteiger partial charge is 0.243 e. The maximum atomic E-state index is 13.8. The van der Waals surface area contributed by atoms with Gasteiger partial charge >= 0.3 is 0 Å². The monoisotopic (exact) mass is 339 g/mol. The molecule has 0 saturated heterocycles. The molecule has 9 heteroatoms. The summed E-state index contributed by atoms with van der Waals surface area (Å²) >= 11 is 5.71. The number of anilines is 1. The first kappa shape index (κ1) is 18.1. The number of nitrogens with zero attached hydrogens (tertiary/aromatic N) is 1. The van der Waals surface area contributed by atoms with E-state index in [1.807, 2.05) is 11.9 Å². The van der Waals surface area contributed by atoms with Crippen molar-refractivity contribution in [2.45, 2.75) is 4.90 Å². The molecule has 6 nitrogen and oxygen atoms in total. The van der Waals surface area contributed by atoms with Crippen molar-refractivity contribution >= 4 is 27.3 Å². The summed E-state index contributed by atoms with van der Waals surface area (Å²) < 4.78 is 45.1. The highest BCUT2D eigenvalue weighted by Gasteiger charge is 2.21. The first-order valence-electron chi connectivity index (χ1n) is 6.19. The molecule has 0 saturated carbocycles. The van der Waals surface area contributed by atoms with Crippen molar-refractivity contribution in [3.05, 3.63) is 23.0 Å². The van der Waals surface area contributed by atoms with Gasteiger partial charge in [-0.1, -0.05) is 11.6 Å². The summed E-state index contributed by atoms with van der Waals surface area (Å²) in [7, 11) is -0.589. The number of hydrogen-bond acceptors (Lipinski definition) is 5. The van der Waals surface area contributed by atoms with Gasteiger partial charge < -0.3 is 15.4 Å². The Morgan fingerprint density at radius 2 is 2.10 bits per heavy atom. The maximum Gasteiger partial charge on any atom is 0.243 e. The number of benzene rings is 1. The zero-order chi connectivity index (χ0) is 16.0. The molecule has 0 bridgehead atoms. The summed E-state index contributed by atoms with van der Waals surface area (Å²) in [5.41, 5.74) is 5.07. The second-order valence-corrected chi connectivity index (χ2v) is 6.67. The number of methoxy groups -OCH3 is 1. The molecule has 0 aliphatic heterocycles. The molecular formula is C12H19ClFN3O3S. The van der Waals surface area contributed by atoms with E-state index < -0.39 is 20.7 Å². The molecule has 0 heterocycles. The lowest BCUT2D eigenvalue weighted by Crippen LogP contribution is -2.34. The van der Waals surface area contributed by atoms with Gasteiger partial charge in [-0.25, -0.2) is 17.5 Å². The average molecular weight is 340 g/mol. The van der Waals surface area contributed by atoms with E-state index in [0.29, 0.717) is 19.7 Å². The van der Waals surface area contributed by atoms with Crippen LogP contribution in [0.3, 0.4) is 0 Å². The van der Waals surface area contributed by atoms with Gasteiger partial charge in [-0.3, -0.25) is 0 Å². The molecular weight excluding hydrogens is 321 g/mol. The Kier molecular flexibility index (Phi) is 6.82. The molecule has 0 atom stereocenters. The SMILES string of the molecule is COCCN(C)CCNS(=O)(=O)c1cc(Cl)cc(N)c1F. The summed E-state index contributed by atoms with van der Waals surface area (Å²) in [6.07, 6.45) is 0. The molecule has 21 heavy (non-hydrogen) atoms. The van der Waals surface area contributed by atoms with Gasteiger partial charge in [0.1, 0.15) is 4.90 Å². The summed E-state index contributed by atoms with van der Waals surface area (Å²) in [5.74, 6) is -1.00. The van der Waals surface area contributed by atoms with Crippen molar-refractivity contribution in [3.63, 3.8) is 0 Å². The fourth-order valence-electron chi connectivity index (χ4n) is 1.59. The van der Waals surface area contributed by atoms with Crippen LogP contribution in [-0.4, -0.2) is 53.7 Å². The Bertz CT molecular complexity index is 583. The molecule has 0 aromatic heterocycles. The van der Waals surface area contributed by atoms with Crippen molar-refractivity contribution in [1.82, 2.24) is 9.62 Å². The quantitative estimate of drug-likeness (QED) is 0.688. The van der Waals surface area contributed by atoms with Crippen LogP contribution in [0, 0.1) is 5.82 Å². The minimum Gasteiger partial charge on any atom is -0.396 e. The number of halogens is 2. The van der Waals surface area contributed by atoms with Crippen molar-refractivity contribution in [2.24, 2.45) is 0 Å². The summed E-state index contributed by atoms with van der Waals surface area (Å²) in [4.78, 5) is 1.33. The van der Waals surface area contributed by atoms with Crippen LogP contribution in [-0.2, 0) is 14.8 Å². The van der Waals surface area contributed by atoms with E-state index in [2.05, 4.69) is 4.72 Å². The molecule has 1 aromatic rings. The largest absolute Gasteiger partial charge is 0.396 e. The minimum atomic E-state index is -4.00. The van der Waals surface area contributed by atoms with Crippen molar-refractivity contribution in [1.29, 1.82) is 0 Å². The third-order valence-corrected chi connectivity index (χ3v) is 4.46. The number of nitrogens with two attached hydrogens (primary N) is 1. The third-order valence-electron chi connectivity index (χ3n) is 2.78. The fraction of sp³-hybridized carbons (Fsp3) is 0.500. The lowest BCUT2D eigenvalue weighted by Gasteiger charge is -2.16. The number of nitrogens with one attached hydrogen (secondary N) is 1. The predicted octanol–water partition coefficient (Wildman–Crippen LogP) is 0.918. The standard InChI is InChI=1S/C12H19ClFN3O3S/c1-17(5-6-20-2)4-3-16-21(18,19)11-8-9(13)7-10(15)12(11)14/h7-8,16H,3-6,15H2,1-2H3. The second-order valence-electron chi connectivity index (χ2n) is 4.50. The van der Waals surface area contributed by atoms with E-state index in [0.717, 1.165) is 12.1 Å². The number of nitrogen functional groups attached to an aromatic ring is 1. The van der Waals surface area contributed by atoms with E-state index in [9.17, 15) is 12.8 Å². The Labute approximate surface area is 129 Å². The topological polar surface area (TPSA) is 84.7 Å². The van der Waals surface area contributed by atoms with Gasteiger partial charge in [-0.05, 0) is 19.2 Å². The minimum absolute atomic E-state index is 0.0616. The molecule has 0 fully saturated rings. The van der Waals surface area contributed by atoms with E-state index >= 15 is 0 Å². The van der Waals surface area contributed by atoms with E-state index in [1.165, 1.54) is 0 Å². The molecule has 0 amide bonds. The van der Waals surface area contributed by atoms with Crippen LogP contribution in [0.25, 0.3) is 0 Å². The van der Waals surface area contributed by atoms with Crippen LogP contribution >= 0.6 is 11.6 Å². The molecule has 0 radical (unpaired) electrons. The first-order valence-corrected chi connectivity index (χ1v) is 8.05. The highest BCUT2D eigenvalue weighted by Crippen LogP contribution is 2.24. The second kappa shape index (κ2) is 7.90. The Morgan fingerprint density at radius 3 is 2.71 bits per heavy atom. The zero-order valence-corrected chi connectivity index (χ0v) is 13.5. The molecule has 1 aromatic carbocycles. The number of hydrogen-bond donors (Lipinski definition) is 2. The van der Waals surface area contributed by atoms with Crippen molar-refractivity contribution < 1.29 is 17.5 Å². The average Bonchev–Trinajstić information content (AvgIpc) is 2.40. The predicted molar refractivity (Wildman–Crippen MR) is 80.4 cm³/mol. The Hall–Kier alpha value is -0.930. The van der Waals surface area contributed by atoms with E-state index in [-0.39, 0.29) is 17.3 Å². The van der Waals surface area contributed by atoms with Crippen LogP contribution in [0.2, 0.25) is 5.02 Å². The Morgan fingerprint density at radius 1 is 1.43 bits per heavy atom. The van der Waals surface area contributed by atoms with E-state index in [4.69, 9.17) is 22.1 Å². The van der Waals surface area contributed by atoms with Crippen LogP contribution in [0.5, 0.6) is 0 Å². The van der Waals surface area contributed by atoms with Crippen LogP contribution in [0.15, 0.2) is 17.0 Å². The van der Waals surface area contributed by atoms with Crippen LogP contribution < -0.4 is 10.5 Å². The van der Waals surface area contributed by atoms with Crippen molar-refractivity contribution in [2.75, 3.05) is 46.1 Å². The van der Waals surface area contributed by atoms with E-state index in [1.54, 1.807) is 7.11 Å². The lowest BCUT2D eigenvalue weighted by atomic mass is 10.3. The molecule has 0 aliphatic rings. The van der Waals surface area contributed by atoms with Gasteiger partial charge in [0.25, 0.3) is 0 Å². The summed E-state index contributed by atoms with van der Waals surface area (Å²) in [6, 6.07) is 2.19. The first-order chi connectivity index (χ1) is 9.77. The maximum absolute atomic E-state index is 13.8. The van der Waals surface area contributed by atoms with Gasteiger partial charge in [-0.15, -0.1) is 0 Å². The number of ether oxygens (including phenoxy) is 1. The molecule has 1 rings (SSSR count). The van der Waals surface area contributed by atoms with Crippen LogP contribution in [0.1, 0.15) is 0 Å². The molecule has 120 valence electrons. The van der Waals surface area contributed by atoms with Crippen LogP contribution in [0.4, 0.5) is 10.1 Å². The molecule has 0 spiro atoms. The lowest BCUT2D eigenvalue weighted by molar-refractivity contribution is 0.162. The van der Waals surface area contributed by atoms with Crippen molar-refractivity contribution in [3.8, 4) is 0 Å². The summed E-state index contributed by atoms with van der Waals surface area (Å²) in [6.45, 7) is 1.80. The Balaban J connectivity index is 2.70. The highest BCUT2D eigenvalue weighted by molar-refractivity contribution is 7.89. The number of sulfonamides is 1. The van der Waals surface area contributed by atoms with Gasteiger partial charge in [0.05, 0.1) is 12.3 Å². The fourth-order valence-corrected chi connectivity index (χ4v) is 3.03. The number of rotatable bonds is 8. The zero-order valence-electron chi connectivity index (χ0n) is 11.9. The molecule has 0 aliphatic carbocycles. The third kappa shape index (κ3) is 5.40. The highest BCUT2D eigenvalue weighted by atomic mass is 35.5. The number of likely N-dealkylation sites (N-methyl/N-ethyl adjacent to an activating group) is 1. The van der Waals surface area contributed by atoms with Gasteiger partial charge in [0.2, 0.25) is 10.0 Å².